The zero-order valence-corrected chi connectivity index (χ0v) is 11.6. The molecule has 1 aromatic heterocycles. The molecule has 2 N–H and O–H groups in total. The van der Waals surface area contributed by atoms with Crippen molar-refractivity contribution in [2.24, 2.45) is 0 Å². The molecular weight excluding hydrogens is 292 g/mol. The fourth-order valence-corrected chi connectivity index (χ4v) is 2.17. The molecule has 0 amide bonds. The van der Waals surface area contributed by atoms with Crippen LogP contribution in [0, 0.1) is 6.92 Å². The number of nitrogen functional groups attached to an aromatic ring is 1. The third-order valence-electron chi connectivity index (χ3n) is 3.04. The summed E-state index contributed by atoms with van der Waals surface area (Å²) in [5, 5.41) is 0. The SMILES string of the molecule is Cc1ccc(-c2nc(N)nc(C3CC3)n2)cc1Br. The predicted molar refractivity (Wildman–Crippen MR) is 74.1 cm³/mol. The molecule has 2 aromatic rings. The van der Waals surface area contributed by atoms with Crippen LogP contribution in [-0.4, -0.2) is 15.0 Å². The van der Waals surface area contributed by atoms with E-state index in [1.807, 2.05) is 25.1 Å². The van der Waals surface area contributed by atoms with Crippen LogP contribution >= 0.6 is 15.9 Å². The van der Waals surface area contributed by atoms with Crippen LogP contribution in [0.4, 0.5) is 5.95 Å². The highest BCUT2D eigenvalue weighted by atomic mass is 79.9. The summed E-state index contributed by atoms with van der Waals surface area (Å²) in [6.45, 7) is 2.05. The van der Waals surface area contributed by atoms with Gasteiger partial charge in [0.1, 0.15) is 5.82 Å². The Morgan fingerprint density at radius 3 is 2.67 bits per heavy atom. The van der Waals surface area contributed by atoms with Crippen LogP contribution in [-0.2, 0) is 0 Å². The molecule has 0 aliphatic heterocycles. The Morgan fingerprint density at radius 2 is 2.00 bits per heavy atom. The second-order valence-electron chi connectivity index (χ2n) is 4.61. The van der Waals surface area contributed by atoms with Gasteiger partial charge < -0.3 is 5.73 Å². The summed E-state index contributed by atoms with van der Waals surface area (Å²) in [5.74, 6) is 2.26. The normalized spacial score (nSPS) is 14.8. The van der Waals surface area contributed by atoms with Gasteiger partial charge in [-0.1, -0.05) is 28.1 Å². The van der Waals surface area contributed by atoms with Crippen LogP contribution in [0.25, 0.3) is 11.4 Å². The van der Waals surface area contributed by atoms with Gasteiger partial charge in [-0.05, 0) is 31.4 Å². The van der Waals surface area contributed by atoms with Crippen LogP contribution in [0.15, 0.2) is 22.7 Å². The quantitative estimate of drug-likeness (QED) is 0.926. The molecule has 4 nitrogen and oxygen atoms in total. The predicted octanol–water partition coefficient (Wildman–Crippen LogP) is 3.07. The fraction of sp³-hybridized carbons (Fsp3) is 0.308. The zero-order chi connectivity index (χ0) is 12.7. The second-order valence-corrected chi connectivity index (χ2v) is 5.47. The Kier molecular flexibility index (Phi) is 2.78. The first kappa shape index (κ1) is 11.6. The van der Waals surface area contributed by atoms with Gasteiger partial charge in [-0.2, -0.15) is 9.97 Å². The summed E-state index contributed by atoms with van der Waals surface area (Å²) in [5.41, 5.74) is 7.90. The highest BCUT2D eigenvalue weighted by Gasteiger charge is 2.27. The Balaban J connectivity index is 2.07. The van der Waals surface area contributed by atoms with Gasteiger partial charge in [0.25, 0.3) is 0 Å². The molecule has 1 saturated carbocycles. The summed E-state index contributed by atoms with van der Waals surface area (Å²) >= 11 is 3.52. The van der Waals surface area contributed by atoms with Gasteiger partial charge in [-0.3, -0.25) is 0 Å². The molecule has 92 valence electrons. The molecule has 1 aliphatic carbocycles. The van der Waals surface area contributed by atoms with Gasteiger partial charge in [0.2, 0.25) is 5.95 Å². The lowest BCUT2D eigenvalue weighted by atomic mass is 10.1. The summed E-state index contributed by atoms with van der Waals surface area (Å²) in [4.78, 5) is 12.9. The monoisotopic (exact) mass is 304 g/mol. The largest absolute Gasteiger partial charge is 0.368 e. The first-order valence-corrected chi connectivity index (χ1v) is 6.71. The van der Waals surface area contributed by atoms with E-state index in [0.717, 1.165) is 28.7 Å². The van der Waals surface area contributed by atoms with Crippen LogP contribution in [0.3, 0.4) is 0 Å². The molecule has 0 spiro atoms. The van der Waals surface area contributed by atoms with Crippen molar-refractivity contribution in [3.8, 4) is 11.4 Å². The van der Waals surface area contributed by atoms with Crippen molar-refractivity contribution in [2.45, 2.75) is 25.7 Å². The van der Waals surface area contributed by atoms with Gasteiger partial charge in [-0.15, -0.1) is 0 Å². The van der Waals surface area contributed by atoms with Crippen molar-refractivity contribution in [3.63, 3.8) is 0 Å². The van der Waals surface area contributed by atoms with Crippen LogP contribution < -0.4 is 5.73 Å². The highest BCUT2D eigenvalue weighted by Crippen LogP contribution is 2.38. The molecule has 3 rings (SSSR count). The molecule has 0 radical (unpaired) electrons. The Bertz CT molecular complexity index is 608. The Labute approximate surface area is 114 Å². The summed E-state index contributed by atoms with van der Waals surface area (Å²) in [6, 6.07) is 6.06. The first-order chi connectivity index (χ1) is 8.63. The van der Waals surface area contributed by atoms with Crippen LogP contribution in [0.5, 0.6) is 0 Å². The van der Waals surface area contributed by atoms with E-state index in [0.29, 0.717) is 17.7 Å². The minimum Gasteiger partial charge on any atom is -0.368 e. The van der Waals surface area contributed by atoms with Crippen molar-refractivity contribution >= 4 is 21.9 Å². The maximum absolute atomic E-state index is 5.76. The Morgan fingerprint density at radius 1 is 1.22 bits per heavy atom. The smallest absolute Gasteiger partial charge is 0.223 e. The maximum Gasteiger partial charge on any atom is 0.223 e. The van der Waals surface area contributed by atoms with Crippen molar-refractivity contribution < 1.29 is 0 Å². The van der Waals surface area contributed by atoms with Crippen molar-refractivity contribution in [3.05, 3.63) is 34.1 Å². The molecule has 1 heterocycles. The van der Waals surface area contributed by atoms with E-state index >= 15 is 0 Å². The zero-order valence-electron chi connectivity index (χ0n) is 10.0. The molecule has 1 aromatic carbocycles. The lowest BCUT2D eigenvalue weighted by molar-refractivity contribution is 0.902. The number of aryl methyl sites for hydroxylation is 1. The van der Waals surface area contributed by atoms with Crippen LogP contribution in [0.1, 0.15) is 30.1 Å². The number of aromatic nitrogens is 3. The summed E-state index contributed by atoms with van der Waals surface area (Å²) in [7, 11) is 0. The van der Waals surface area contributed by atoms with Gasteiger partial charge in [-0.25, -0.2) is 4.98 Å². The molecule has 0 unspecified atom stereocenters. The van der Waals surface area contributed by atoms with Gasteiger partial charge in [0, 0.05) is 16.0 Å². The number of nitrogens with two attached hydrogens (primary N) is 1. The van der Waals surface area contributed by atoms with Crippen LogP contribution in [0.2, 0.25) is 0 Å². The molecule has 0 atom stereocenters. The van der Waals surface area contributed by atoms with E-state index in [-0.39, 0.29) is 0 Å². The number of nitrogens with zero attached hydrogens (tertiary/aromatic N) is 3. The minimum absolute atomic E-state index is 0.304. The lowest BCUT2D eigenvalue weighted by Gasteiger charge is -2.05. The third kappa shape index (κ3) is 2.22. The number of benzene rings is 1. The van der Waals surface area contributed by atoms with Gasteiger partial charge >= 0.3 is 0 Å². The third-order valence-corrected chi connectivity index (χ3v) is 3.90. The van der Waals surface area contributed by atoms with E-state index < -0.39 is 0 Å². The van der Waals surface area contributed by atoms with Gasteiger partial charge in [0.15, 0.2) is 5.82 Å². The topological polar surface area (TPSA) is 64.7 Å². The lowest BCUT2D eigenvalue weighted by Crippen LogP contribution is -2.04. The average molecular weight is 305 g/mol. The molecule has 0 bridgehead atoms. The number of rotatable bonds is 2. The molecule has 0 saturated heterocycles. The summed E-state index contributed by atoms with van der Waals surface area (Å²) < 4.78 is 1.05. The van der Waals surface area contributed by atoms with Crippen molar-refractivity contribution in [2.75, 3.05) is 5.73 Å². The number of anilines is 1. The molecule has 18 heavy (non-hydrogen) atoms. The standard InChI is InChI=1S/C13H13BrN4/c1-7-2-3-9(6-10(7)14)12-16-11(8-4-5-8)17-13(15)18-12/h2-3,6,8H,4-5H2,1H3,(H2,15,16,17,18). The molecule has 1 fully saturated rings. The van der Waals surface area contributed by atoms with E-state index in [2.05, 4.69) is 30.9 Å². The van der Waals surface area contributed by atoms with Gasteiger partial charge in [0.05, 0.1) is 0 Å². The highest BCUT2D eigenvalue weighted by molar-refractivity contribution is 9.10. The number of hydrogen-bond acceptors (Lipinski definition) is 4. The molecular formula is C13H13BrN4. The van der Waals surface area contributed by atoms with E-state index in [4.69, 9.17) is 5.73 Å². The number of halogens is 1. The second kappa shape index (κ2) is 4.31. The minimum atomic E-state index is 0.304. The van der Waals surface area contributed by atoms with E-state index in [1.54, 1.807) is 0 Å². The van der Waals surface area contributed by atoms with Crippen molar-refractivity contribution in [1.82, 2.24) is 15.0 Å². The number of hydrogen-bond donors (Lipinski definition) is 1. The Hall–Kier alpha value is -1.49. The summed E-state index contributed by atoms with van der Waals surface area (Å²) in [6.07, 6.45) is 2.31. The van der Waals surface area contributed by atoms with E-state index in [1.165, 1.54) is 5.56 Å². The fourth-order valence-electron chi connectivity index (χ4n) is 1.79. The van der Waals surface area contributed by atoms with E-state index in [9.17, 15) is 0 Å². The maximum atomic E-state index is 5.76. The van der Waals surface area contributed by atoms with Crippen molar-refractivity contribution in [1.29, 1.82) is 0 Å². The first-order valence-electron chi connectivity index (χ1n) is 5.91. The average Bonchev–Trinajstić information content (AvgIpc) is 3.16. The molecule has 1 aliphatic rings. The molecule has 5 heteroatoms.